The molecule has 2 fully saturated rings. The monoisotopic (exact) mass is 379 g/mol. The second-order valence-electron chi connectivity index (χ2n) is 6.55. The molecule has 0 saturated carbocycles. The van der Waals surface area contributed by atoms with E-state index in [0.717, 1.165) is 0 Å². The number of halogens is 1. The van der Waals surface area contributed by atoms with Crippen molar-refractivity contribution in [1.29, 1.82) is 0 Å². The van der Waals surface area contributed by atoms with Crippen molar-refractivity contribution >= 4 is 35.0 Å². The summed E-state index contributed by atoms with van der Waals surface area (Å²) < 4.78 is 5.32. The molecule has 2 aliphatic rings. The van der Waals surface area contributed by atoms with Crippen LogP contribution in [-0.4, -0.2) is 67.4 Å². The maximum absolute atomic E-state index is 12.8. The van der Waals surface area contributed by atoms with Gasteiger partial charge in [-0.3, -0.25) is 14.4 Å². The number of amides is 3. The molecule has 0 spiro atoms. The second-order valence-corrected chi connectivity index (χ2v) is 6.99. The van der Waals surface area contributed by atoms with Gasteiger partial charge in [-0.2, -0.15) is 0 Å². The third kappa shape index (κ3) is 3.62. The summed E-state index contributed by atoms with van der Waals surface area (Å²) >= 11 is 6.06. The van der Waals surface area contributed by atoms with Crippen molar-refractivity contribution in [2.45, 2.75) is 13.3 Å². The van der Waals surface area contributed by atoms with Gasteiger partial charge in [0.05, 0.1) is 18.7 Å². The van der Waals surface area contributed by atoms with Crippen LogP contribution in [0.4, 0.5) is 5.69 Å². The fraction of sp³-hybridized carbons (Fsp3) is 0.500. The molecule has 3 rings (SSSR count). The Bertz CT molecular complexity index is 731. The van der Waals surface area contributed by atoms with Gasteiger partial charge in [0.15, 0.2) is 0 Å². The minimum absolute atomic E-state index is 0.0207. The van der Waals surface area contributed by atoms with E-state index in [4.69, 9.17) is 16.3 Å². The summed E-state index contributed by atoms with van der Waals surface area (Å²) in [5.41, 5.74) is 0.585. The molecular weight excluding hydrogens is 358 g/mol. The Kier molecular flexibility index (Phi) is 5.36. The molecular formula is C18H22ClN3O4. The summed E-state index contributed by atoms with van der Waals surface area (Å²) in [7, 11) is 1.53. The molecule has 2 aliphatic heterocycles. The van der Waals surface area contributed by atoms with Gasteiger partial charge in [-0.05, 0) is 18.2 Å². The van der Waals surface area contributed by atoms with E-state index in [2.05, 4.69) is 0 Å². The average Bonchev–Trinajstić information content (AvgIpc) is 3.02. The minimum atomic E-state index is -0.393. The molecule has 1 atom stereocenters. The van der Waals surface area contributed by atoms with Gasteiger partial charge in [0.2, 0.25) is 17.7 Å². The highest BCUT2D eigenvalue weighted by molar-refractivity contribution is 6.31. The highest BCUT2D eigenvalue weighted by Crippen LogP contribution is 2.35. The van der Waals surface area contributed by atoms with E-state index in [9.17, 15) is 14.4 Å². The third-order valence-corrected chi connectivity index (χ3v) is 5.18. The molecule has 0 aliphatic carbocycles. The largest absolute Gasteiger partial charge is 0.495 e. The lowest BCUT2D eigenvalue weighted by molar-refractivity contribution is -0.141. The number of piperazine rings is 1. The van der Waals surface area contributed by atoms with Crippen molar-refractivity contribution < 1.29 is 19.1 Å². The number of methoxy groups -OCH3 is 1. The second kappa shape index (κ2) is 7.53. The number of benzene rings is 1. The summed E-state index contributed by atoms with van der Waals surface area (Å²) in [5, 5.41) is 0.503. The molecule has 26 heavy (non-hydrogen) atoms. The van der Waals surface area contributed by atoms with Crippen LogP contribution < -0.4 is 9.64 Å². The van der Waals surface area contributed by atoms with Gasteiger partial charge in [-0.25, -0.2) is 0 Å². The van der Waals surface area contributed by atoms with Gasteiger partial charge < -0.3 is 19.4 Å². The van der Waals surface area contributed by atoms with Crippen LogP contribution in [0, 0.1) is 5.92 Å². The van der Waals surface area contributed by atoms with Crippen LogP contribution in [0.25, 0.3) is 0 Å². The zero-order valence-electron chi connectivity index (χ0n) is 14.9. The Morgan fingerprint density at radius 1 is 1.15 bits per heavy atom. The first kappa shape index (κ1) is 18.5. The highest BCUT2D eigenvalue weighted by atomic mass is 35.5. The van der Waals surface area contributed by atoms with Crippen molar-refractivity contribution in [2.24, 2.45) is 5.92 Å². The molecule has 7 nitrogen and oxygen atoms in total. The number of ether oxygens (including phenoxy) is 1. The molecule has 1 unspecified atom stereocenters. The lowest BCUT2D eigenvalue weighted by atomic mass is 10.1. The number of hydrogen-bond acceptors (Lipinski definition) is 4. The molecule has 8 heteroatoms. The van der Waals surface area contributed by atoms with Crippen LogP contribution >= 0.6 is 11.6 Å². The van der Waals surface area contributed by atoms with E-state index < -0.39 is 5.92 Å². The number of carbonyl (C=O) groups is 3. The van der Waals surface area contributed by atoms with Crippen LogP contribution in [0.15, 0.2) is 18.2 Å². The van der Waals surface area contributed by atoms with Crippen LogP contribution in [0.2, 0.25) is 5.02 Å². The predicted molar refractivity (Wildman–Crippen MR) is 97.3 cm³/mol. The summed E-state index contributed by atoms with van der Waals surface area (Å²) in [6, 6.07) is 5.08. The number of hydrogen-bond donors (Lipinski definition) is 0. The van der Waals surface area contributed by atoms with Crippen molar-refractivity contribution in [3.05, 3.63) is 23.2 Å². The Morgan fingerprint density at radius 2 is 1.81 bits per heavy atom. The summed E-state index contributed by atoms with van der Waals surface area (Å²) in [6.07, 6.45) is 0.168. The first-order valence-corrected chi connectivity index (χ1v) is 8.96. The molecule has 0 radical (unpaired) electrons. The fourth-order valence-corrected chi connectivity index (χ4v) is 3.65. The van der Waals surface area contributed by atoms with Crippen LogP contribution in [0.3, 0.4) is 0 Å². The van der Waals surface area contributed by atoms with E-state index in [1.807, 2.05) is 0 Å². The van der Waals surface area contributed by atoms with Crippen molar-refractivity contribution in [3.63, 3.8) is 0 Å². The molecule has 140 valence electrons. The number of rotatable bonds is 3. The first-order chi connectivity index (χ1) is 12.4. The summed E-state index contributed by atoms with van der Waals surface area (Å²) in [6.45, 7) is 3.92. The van der Waals surface area contributed by atoms with Gasteiger partial charge in [-0.15, -0.1) is 0 Å². The number of carbonyl (C=O) groups excluding carboxylic acids is 3. The van der Waals surface area contributed by atoms with E-state index in [0.29, 0.717) is 49.2 Å². The number of anilines is 1. The van der Waals surface area contributed by atoms with Gasteiger partial charge in [0.25, 0.3) is 0 Å². The lowest BCUT2D eigenvalue weighted by Crippen LogP contribution is -2.51. The predicted octanol–water partition coefficient (Wildman–Crippen LogP) is 1.39. The molecule has 2 saturated heterocycles. The van der Waals surface area contributed by atoms with Crippen molar-refractivity contribution in [3.8, 4) is 5.75 Å². The van der Waals surface area contributed by atoms with Gasteiger partial charge in [0.1, 0.15) is 5.75 Å². The maximum Gasteiger partial charge on any atom is 0.228 e. The maximum atomic E-state index is 12.8. The zero-order chi connectivity index (χ0) is 18.8. The van der Waals surface area contributed by atoms with Crippen LogP contribution in [0.5, 0.6) is 5.75 Å². The molecule has 2 heterocycles. The smallest absolute Gasteiger partial charge is 0.228 e. The van der Waals surface area contributed by atoms with Crippen LogP contribution in [0.1, 0.15) is 13.3 Å². The minimum Gasteiger partial charge on any atom is -0.495 e. The van der Waals surface area contributed by atoms with Crippen molar-refractivity contribution in [1.82, 2.24) is 9.80 Å². The van der Waals surface area contributed by atoms with E-state index in [1.54, 1.807) is 32.9 Å². The molecule has 3 amide bonds. The molecule has 0 bridgehead atoms. The number of nitrogens with zero attached hydrogens (tertiary/aromatic N) is 3. The zero-order valence-corrected chi connectivity index (χ0v) is 15.7. The normalized spacial score (nSPS) is 20.5. The highest BCUT2D eigenvalue weighted by Gasteiger charge is 2.39. The fourth-order valence-electron chi connectivity index (χ4n) is 3.48. The SMILES string of the molecule is COc1ccc(Cl)cc1N1CC(C(=O)N2CCN(C(C)=O)CC2)CC1=O. The quantitative estimate of drug-likeness (QED) is 0.795. The molecule has 0 aromatic heterocycles. The van der Waals surface area contributed by atoms with E-state index in [1.165, 1.54) is 14.0 Å². The Hall–Kier alpha value is -2.28. The Labute approximate surface area is 157 Å². The first-order valence-electron chi connectivity index (χ1n) is 8.59. The van der Waals surface area contributed by atoms with Gasteiger partial charge in [0, 0.05) is 51.1 Å². The van der Waals surface area contributed by atoms with Crippen LogP contribution in [-0.2, 0) is 14.4 Å². The Morgan fingerprint density at radius 3 is 2.42 bits per heavy atom. The Balaban J connectivity index is 1.69. The van der Waals surface area contributed by atoms with E-state index in [-0.39, 0.29) is 24.1 Å². The summed E-state index contributed by atoms with van der Waals surface area (Å²) in [4.78, 5) is 41.8. The molecule has 0 N–H and O–H groups in total. The topological polar surface area (TPSA) is 70.2 Å². The lowest BCUT2D eigenvalue weighted by Gasteiger charge is -2.35. The van der Waals surface area contributed by atoms with Crippen molar-refractivity contribution in [2.75, 3.05) is 44.7 Å². The van der Waals surface area contributed by atoms with Gasteiger partial charge >= 0.3 is 0 Å². The molecule has 1 aromatic rings. The van der Waals surface area contributed by atoms with Gasteiger partial charge in [-0.1, -0.05) is 11.6 Å². The summed E-state index contributed by atoms with van der Waals surface area (Å²) in [5.74, 6) is 0.0182. The van der Waals surface area contributed by atoms with E-state index >= 15 is 0 Å². The molecule has 1 aromatic carbocycles. The third-order valence-electron chi connectivity index (χ3n) is 4.94. The standard InChI is InChI=1S/C18H22ClN3O4/c1-12(23)20-5-7-21(8-6-20)18(25)13-9-17(24)22(11-13)15-10-14(19)3-4-16(15)26-2/h3-4,10,13H,5-9,11H2,1-2H3. The average molecular weight is 380 g/mol.